The third kappa shape index (κ3) is 10.3. The Kier molecular flexibility index (Phi) is 13.2. The highest BCUT2D eigenvalue weighted by Gasteiger charge is 2.32. The number of sulfone groups is 2. The van der Waals surface area contributed by atoms with Crippen LogP contribution >= 0.6 is 23.2 Å². The van der Waals surface area contributed by atoms with Crippen LogP contribution in [-0.2, 0) is 31.2 Å². The molecule has 0 aromatic heterocycles. The number of amides is 1. The molecular weight excluding hydrogens is 863 g/mol. The Morgan fingerprint density at radius 2 is 1.03 bits per heavy atom. The van der Waals surface area contributed by atoms with Gasteiger partial charge in [0, 0.05) is 41.9 Å². The minimum atomic E-state index is -4.34. The van der Waals surface area contributed by atoms with Crippen LogP contribution in [0.3, 0.4) is 0 Å². The Morgan fingerprint density at radius 3 is 1.37 bits per heavy atom. The predicted octanol–water partition coefficient (Wildman–Crippen LogP) is 7.87. The lowest BCUT2D eigenvalue weighted by Crippen LogP contribution is -2.42. The van der Waals surface area contributed by atoms with Crippen LogP contribution in [0.25, 0.3) is 0 Å². The lowest BCUT2D eigenvalue weighted by molar-refractivity contribution is 0.0650. The van der Waals surface area contributed by atoms with Crippen LogP contribution in [0.4, 0.5) is 17.6 Å². The first-order valence-corrected chi connectivity index (χ1v) is 22.5. The van der Waals surface area contributed by atoms with Crippen LogP contribution in [0.5, 0.6) is 11.5 Å². The monoisotopic (exact) mass is 900 g/mol. The van der Waals surface area contributed by atoms with E-state index in [2.05, 4.69) is 5.32 Å². The van der Waals surface area contributed by atoms with E-state index in [1.807, 2.05) is 0 Å². The number of aromatic hydroxyl groups is 2. The van der Waals surface area contributed by atoms with Crippen molar-refractivity contribution in [2.45, 2.75) is 71.7 Å². The van der Waals surface area contributed by atoms with Gasteiger partial charge in [0.05, 0.1) is 27.1 Å². The second-order valence-corrected chi connectivity index (χ2v) is 19.4. The molecule has 1 amide bonds. The van der Waals surface area contributed by atoms with Gasteiger partial charge in [-0.3, -0.25) is 4.79 Å². The molecular formula is C40H38Cl2F4N2O9S2. The summed E-state index contributed by atoms with van der Waals surface area (Å²) in [6, 6.07) is 7.64. The number of rotatable bonds is 10. The number of benzene rings is 4. The fraction of sp³-hybridized carbons (Fsp3) is 0.350. The van der Waals surface area contributed by atoms with Crippen LogP contribution in [0.1, 0.15) is 93.3 Å². The maximum Gasteiger partial charge on any atom is 0.335 e. The van der Waals surface area contributed by atoms with Gasteiger partial charge in [-0.2, -0.15) is 0 Å². The zero-order valence-electron chi connectivity index (χ0n) is 31.1. The molecule has 19 heteroatoms. The van der Waals surface area contributed by atoms with E-state index in [4.69, 9.17) is 28.3 Å². The Hall–Kier alpha value is -4.42. The third-order valence-electron chi connectivity index (χ3n) is 10.1. The topological polar surface area (TPSA) is 178 Å². The number of hydrogen-bond donors (Lipinski definition) is 4. The number of phenolic OH excluding ortho intramolecular Hbond substituents is 2. The maximum atomic E-state index is 14.3. The number of nitrogens with one attached hydrogen (secondary N) is 1. The van der Waals surface area contributed by atoms with Gasteiger partial charge in [-0.15, -0.1) is 0 Å². The number of likely N-dealkylation sites (tertiary alicyclic amines) is 1. The van der Waals surface area contributed by atoms with Crippen LogP contribution < -0.4 is 5.32 Å². The van der Waals surface area contributed by atoms with E-state index in [9.17, 15) is 54.2 Å². The lowest BCUT2D eigenvalue weighted by Gasteiger charge is -2.31. The zero-order valence-corrected chi connectivity index (χ0v) is 34.2. The van der Waals surface area contributed by atoms with Gasteiger partial charge in [0.15, 0.2) is 31.2 Å². The number of carboxylic acid groups (broad SMARTS) is 1. The molecule has 4 fully saturated rings. The normalized spacial score (nSPS) is 16.1. The molecule has 0 bridgehead atoms. The molecule has 11 nitrogen and oxygen atoms in total. The number of aromatic carboxylic acids is 1. The van der Waals surface area contributed by atoms with E-state index in [1.54, 1.807) is 0 Å². The maximum absolute atomic E-state index is 14.3. The van der Waals surface area contributed by atoms with Crippen molar-refractivity contribution in [2.75, 3.05) is 26.2 Å². The van der Waals surface area contributed by atoms with Gasteiger partial charge in [-0.25, -0.2) is 39.2 Å². The van der Waals surface area contributed by atoms with E-state index in [0.29, 0.717) is 30.8 Å². The van der Waals surface area contributed by atoms with Gasteiger partial charge in [-0.05, 0) is 111 Å². The highest BCUT2D eigenvalue weighted by molar-refractivity contribution is 7.91. The number of phenols is 2. The first kappa shape index (κ1) is 44.1. The summed E-state index contributed by atoms with van der Waals surface area (Å²) in [4.78, 5) is 23.8. The SMILES string of the molecule is C1CNC1.O=C(O)c1cc(Cl)c(O)c(S(=O)(=O)Cc2cc(C3CC3)c(F)cc2F)c1.O=C(c1cc(Cl)c(O)c(S(=O)(=O)Cc2cc(C3CC3)c(F)cc2F)c1)N1CCC1. The van der Waals surface area contributed by atoms with Crippen molar-refractivity contribution in [1.82, 2.24) is 10.2 Å². The molecule has 2 aliphatic heterocycles. The van der Waals surface area contributed by atoms with Crippen molar-refractivity contribution in [3.8, 4) is 11.5 Å². The molecule has 2 heterocycles. The number of carbonyl (C=O) groups is 2. The van der Waals surface area contributed by atoms with Gasteiger partial charge >= 0.3 is 5.97 Å². The van der Waals surface area contributed by atoms with Gasteiger partial charge in [0.2, 0.25) is 0 Å². The van der Waals surface area contributed by atoms with E-state index in [1.165, 1.54) is 42.6 Å². The van der Waals surface area contributed by atoms with Crippen molar-refractivity contribution in [2.24, 2.45) is 0 Å². The van der Waals surface area contributed by atoms with Crippen LogP contribution in [0, 0.1) is 23.3 Å². The van der Waals surface area contributed by atoms with Crippen LogP contribution in [0.15, 0.2) is 58.3 Å². The molecule has 2 aliphatic carbocycles. The molecule has 4 aliphatic rings. The first-order valence-electron chi connectivity index (χ1n) is 18.5. The molecule has 4 aromatic carbocycles. The number of halogens is 6. The summed E-state index contributed by atoms with van der Waals surface area (Å²) in [6.45, 7) is 3.62. The van der Waals surface area contributed by atoms with Crippen molar-refractivity contribution in [3.63, 3.8) is 0 Å². The van der Waals surface area contributed by atoms with Crippen molar-refractivity contribution >= 4 is 54.8 Å². The summed E-state index contributed by atoms with van der Waals surface area (Å²) in [5, 5.41) is 31.5. The standard InChI is InChI=1S/C20H18ClF2NO4S.C17H13ClF2O5S.C3H7N/c21-15-7-12(20(26)24-4-1-5-24)8-18(19(15)25)29(27,28)10-13-6-14(11-2-3-11)17(23)9-16(13)22;18-12-4-9(17(22)23)5-15(16(12)21)26(24,25)7-10-3-11(8-1-2-8)14(20)6-13(10)19;1-2-4-3-1/h6-9,11,25H,1-5,10H2;3-6,8,21H,1-2,7H2,(H,22,23);4H,1-3H2. The Labute approximate surface area is 347 Å². The molecule has 8 rings (SSSR count). The molecule has 4 aromatic rings. The highest BCUT2D eigenvalue weighted by atomic mass is 35.5. The summed E-state index contributed by atoms with van der Waals surface area (Å²) in [5.41, 5.74) is -0.319. The molecule has 0 radical (unpaired) electrons. The minimum Gasteiger partial charge on any atom is -0.505 e. The summed E-state index contributed by atoms with van der Waals surface area (Å²) in [6.07, 6.45) is 5.27. The number of hydrogen-bond acceptors (Lipinski definition) is 9. The van der Waals surface area contributed by atoms with E-state index >= 15 is 0 Å². The van der Waals surface area contributed by atoms with Gasteiger partial charge < -0.3 is 25.5 Å². The third-order valence-corrected chi connectivity index (χ3v) is 14.0. The van der Waals surface area contributed by atoms with E-state index in [-0.39, 0.29) is 39.1 Å². The fourth-order valence-corrected chi connectivity index (χ4v) is 9.72. The second kappa shape index (κ2) is 17.7. The van der Waals surface area contributed by atoms with Crippen molar-refractivity contribution < 1.29 is 59.3 Å². The summed E-state index contributed by atoms with van der Waals surface area (Å²) in [5.74, 6) is -8.53. The van der Waals surface area contributed by atoms with Crippen molar-refractivity contribution in [3.05, 3.63) is 115 Å². The summed E-state index contributed by atoms with van der Waals surface area (Å²) < 4.78 is 107. The van der Waals surface area contributed by atoms with Crippen molar-refractivity contribution in [1.29, 1.82) is 0 Å². The molecule has 0 spiro atoms. The Bertz CT molecular complexity index is 2540. The van der Waals surface area contributed by atoms with Gasteiger partial charge in [0.1, 0.15) is 33.1 Å². The average molecular weight is 902 g/mol. The highest BCUT2D eigenvalue weighted by Crippen LogP contribution is 2.44. The van der Waals surface area contributed by atoms with Crippen LogP contribution in [-0.4, -0.2) is 75.1 Å². The number of carboxylic acids is 1. The first-order chi connectivity index (χ1) is 27.8. The summed E-state index contributed by atoms with van der Waals surface area (Å²) >= 11 is 11.7. The van der Waals surface area contributed by atoms with Gasteiger partial charge in [0.25, 0.3) is 5.91 Å². The molecule has 2 saturated carbocycles. The molecule has 59 heavy (non-hydrogen) atoms. The Morgan fingerprint density at radius 1 is 0.644 bits per heavy atom. The molecule has 0 atom stereocenters. The van der Waals surface area contributed by atoms with Gasteiger partial charge in [-0.1, -0.05) is 23.2 Å². The largest absolute Gasteiger partial charge is 0.505 e. The van der Waals surface area contributed by atoms with E-state index < -0.39 is 98.2 Å². The zero-order chi connectivity index (χ0) is 43.0. The lowest BCUT2D eigenvalue weighted by atomic mass is 10.1. The smallest absolute Gasteiger partial charge is 0.335 e. The second-order valence-electron chi connectivity index (χ2n) is 14.7. The molecule has 316 valence electrons. The predicted molar refractivity (Wildman–Crippen MR) is 210 cm³/mol. The molecule has 0 unspecified atom stereocenters. The Balaban J connectivity index is 0.000000182. The number of nitrogens with zero attached hydrogens (tertiary/aromatic N) is 1. The minimum absolute atomic E-state index is 0.0302. The quantitative estimate of drug-likeness (QED) is 0.115. The fourth-order valence-electron chi connectivity index (χ4n) is 6.17. The molecule has 4 N–H and O–H groups in total. The average Bonchev–Trinajstić information content (AvgIpc) is 4.03. The van der Waals surface area contributed by atoms with E-state index in [0.717, 1.165) is 50.3 Å². The summed E-state index contributed by atoms with van der Waals surface area (Å²) in [7, 11) is -8.60. The molecule has 2 saturated heterocycles. The number of carbonyl (C=O) groups excluding carboxylic acids is 1. The van der Waals surface area contributed by atoms with Crippen LogP contribution in [0.2, 0.25) is 10.0 Å².